The Kier molecular flexibility index (Phi) is 8.65. The lowest BCUT2D eigenvalue weighted by molar-refractivity contribution is -0.945. The van der Waals surface area contributed by atoms with Gasteiger partial charge in [0.1, 0.15) is 18.2 Å². The van der Waals surface area contributed by atoms with Crippen LogP contribution in [-0.2, 0) is 17.7 Å². The van der Waals surface area contributed by atoms with E-state index in [1.807, 2.05) is 0 Å². The zero-order valence-electron chi connectivity index (χ0n) is 21.1. The minimum absolute atomic E-state index is 0. The molecule has 0 radical (unpaired) electrons. The van der Waals surface area contributed by atoms with Gasteiger partial charge < -0.3 is 26.2 Å². The summed E-state index contributed by atoms with van der Waals surface area (Å²) in [6.45, 7) is 6.29. The fourth-order valence-electron chi connectivity index (χ4n) is 5.80. The molecule has 6 rings (SSSR count). The monoisotopic (exact) mass is 570 g/mol. The third-order valence-corrected chi connectivity index (χ3v) is 8.03. The molecule has 1 amide bonds. The molecule has 3 aliphatic rings. The van der Waals surface area contributed by atoms with Crippen LogP contribution in [0, 0.1) is 24.5 Å². The molecule has 196 valence electrons. The van der Waals surface area contributed by atoms with Crippen LogP contribution in [0.25, 0.3) is 0 Å². The molecular weight excluding hydrogens is 538 g/mol. The molecule has 37 heavy (non-hydrogen) atoms. The van der Waals surface area contributed by atoms with Crippen molar-refractivity contribution in [3.05, 3.63) is 101 Å². The van der Waals surface area contributed by atoms with Crippen molar-refractivity contribution in [2.75, 3.05) is 31.1 Å². The SMILES string of the molecule is Cc1ccccc1CC[N+]12CCC(CC1)[C@@H](OC(=O)N(Cc1ccc(F)cc1)c1ccccc1F)C2.[Br-]. The Bertz CT molecular complexity index is 1210. The molecule has 3 aliphatic heterocycles. The summed E-state index contributed by atoms with van der Waals surface area (Å²) in [4.78, 5) is 14.8. The van der Waals surface area contributed by atoms with Crippen LogP contribution in [0.5, 0.6) is 0 Å². The van der Waals surface area contributed by atoms with Crippen LogP contribution in [0.2, 0.25) is 0 Å². The number of halogens is 3. The molecule has 3 heterocycles. The number of amides is 1. The summed E-state index contributed by atoms with van der Waals surface area (Å²) >= 11 is 0. The second-order valence-corrected chi connectivity index (χ2v) is 10.3. The van der Waals surface area contributed by atoms with Gasteiger partial charge in [-0.1, -0.05) is 48.5 Å². The zero-order valence-corrected chi connectivity index (χ0v) is 22.7. The number of hydrogen-bond acceptors (Lipinski definition) is 2. The van der Waals surface area contributed by atoms with Crippen LogP contribution in [0.4, 0.5) is 19.3 Å². The maximum atomic E-state index is 14.7. The van der Waals surface area contributed by atoms with Crippen molar-refractivity contribution in [3.63, 3.8) is 0 Å². The van der Waals surface area contributed by atoms with Crippen LogP contribution in [0.15, 0.2) is 72.8 Å². The highest BCUT2D eigenvalue weighted by atomic mass is 79.9. The number of carbonyl (C=O) groups is 1. The predicted molar refractivity (Wildman–Crippen MR) is 137 cm³/mol. The van der Waals surface area contributed by atoms with Crippen molar-refractivity contribution in [3.8, 4) is 0 Å². The molecule has 0 unspecified atom stereocenters. The topological polar surface area (TPSA) is 29.5 Å². The van der Waals surface area contributed by atoms with E-state index >= 15 is 0 Å². The highest BCUT2D eigenvalue weighted by molar-refractivity contribution is 5.87. The van der Waals surface area contributed by atoms with E-state index in [0.29, 0.717) is 11.5 Å². The molecule has 2 bridgehead atoms. The molecule has 4 nitrogen and oxygen atoms in total. The standard InChI is InChI=1S/C30H33F2N2O2.BrH/c1-22-6-2-3-7-24(22)14-17-34-18-15-25(16-19-34)29(21-34)36-30(35)33(28-9-5-4-8-27(28)32)20-23-10-12-26(31)13-11-23;/h2-13,25,29H,14-21H2,1H3;1H/q+1;/p-1/t25?,29-,34?;/m0./s1. The van der Waals surface area contributed by atoms with Gasteiger partial charge in [-0.2, -0.15) is 0 Å². The molecule has 0 N–H and O–H groups in total. The molecule has 1 atom stereocenters. The van der Waals surface area contributed by atoms with Crippen LogP contribution in [-0.4, -0.2) is 42.9 Å². The van der Waals surface area contributed by atoms with E-state index in [1.165, 1.54) is 34.2 Å². The number of fused-ring (bicyclic) bond motifs is 3. The number of benzene rings is 3. The first kappa shape index (κ1) is 27.3. The third kappa shape index (κ3) is 6.21. The summed E-state index contributed by atoms with van der Waals surface area (Å²) in [6, 6.07) is 20.6. The lowest BCUT2D eigenvalue weighted by atomic mass is 9.83. The van der Waals surface area contributed by atoms with E-state index in [-0.39, 0.29) is 41.1 Å². The maximum absolute atomic E-state index is 14.7. The van der Waals surface area contributed by atoms with E-state index < -0.39 is 11.9 Å². The number of quaternary nitrogens is 1. The Morgan fingerprint density at radius 3 is 2.35 bits per heavy atom. The fourth-order valence-corrected chi connectivity index (χ4v) is 5.80. The number of piperidine rings is 3. The summed E-state index contributed by atoms with van der Waals surface area (Å²) < 4.78 is 35.2. The number of anilines is 1. The van der Waals surface area contributed by atoms with Gasteiger partial charge in [0.25, 0.3) is 0 Å². The van der Waals surface area contributed by atoms with Gasteiger partial charge in [-0.3, -0.25) is 4.90 Å². The summed E-state index contributed by atoms with van der Waals surface area (Å²) in [5.41, 5.74) is 3.55. The molecule has 7 heteroatoms. The van der Waals surface area contributed by atoms with Crippen molar-refractivity contribution >= 4 is 11.8 Å². The Labute approximate surface area is 228 Å². The molecular formula is C30H33BrF2N2O2. The quantitative estimate of drug-likeness (QED) is 0.408. The molecule has 3 fully saturated rings. The number of carbonyl (C=O) groups excluding carboxylic acids is 1. The second-order valence-electron chi connectivity index (χ2n) is 10.3. The fraction of sp³-hybridized carbons (Fsp3) is 0.367. The third-order valence-electron chi connectivity index (χ3n) is 8.03. The van der Waals surface area contributed by atoms with Gasteiger partial charge in [0.15, 0.2) is 6.10 Å². The highest BCUT2D eigenvalue weighted by Crippen LogP contribution is 2.36. The summed E-state index contributed by atoms with van der Waals surface area (Å²) in [5, 5.41) is 0. The largest absolute Gasteiger partial charge is 1.00 e. The summed E-state index contributed by atoms with van der Waals surface area (Å²) in [6.07, 6.45) is 2.32. The molecule has 0 aliphatic carbocycles. The Morgan fingerprint density at radius 1 is 0.973 bits per heavy atom. The lowest BCUT2D eigenvalue weighted by Gasteiger charge is -2.52. The highest BCUT2D eigenvalue weighted by Gasteiger charge is 2.47. The van der Waals surface area contributed by atoms with Crippen LogP contribution >= 0.6 is 0 Å². The molecule has 0 aromatic heterocycles. The number of aryl methyl sites for hydroxylation is 1. The van der Waals surface area contributed by atoms with Crippen LogP contribution in [0.3, 0.4) is 0 Å². The van der Waals surface area contributed by atoms with Crippen molar-refractivity contribution in [1.82, 2.24) is 0 Å². The van der Waals surface area contributed by atoms with E-state index in [9.17, 15) is 13.6 Å². The van der Waals surface area contributed by atoms with Gasteiger partial charge >= 0.3 is 6.09 Å². The summed E-state index contributed by atoms with van der Waals surface area (Å²) in [5.74, 6) is -0.515. The Morgan fingerprint density at radius 2 is 1.65 bits per heavy atom. The average molecular weight is 572 g/mol. The maximum Gasteiger partial charge on any atom is 0.415 e. The first-order chi connectivity index (χ1) is 17.4. The van der Waals surface area contributed by atoms with E-state index in [2.05, 4.69) is 31.2 Å². The van der Waals surface area contributed by atoms with Crippen molar-refractivity contribution < 1.29 is 39.8 Å². The second kappa shape index (κ2) is 11.7. The first-order valence-electron chi connectivity index (χ1n) is 12.8. The minimum atomic E-state index is -0.555. The number of para-hydroxylation sites is 1. The Hall–Kier alpha value is -2.77. The van der Waals surface area contributed by atoms with Crippen molar-refractivity contribution in [2.24, 2.45) is 5.92 Å². The van der Waals surface area contributed by atoms with Crippen molar-refractivity contribution in [1.29, 1.82) is 0 Å². The van der Waals surface area contributed by atoms with E-state index in [4.69, 9.17) is 4.74 Å². The molecule has 3 aromatic rings. The number of rotatable bonds is 7. The molecule has 0 spiro atoms. The lowest BCUT2D eigenvalue weighted by Crippen LogP contribution is -3.00. The zero-order chi connectivity index (χ0) is 25.1. The predicted octanol–water partition coefficient (Wildman–Crippen LogP) is 3.27. The number of nitrogens with zero attached hydrogens (tertiary/aromatic N) is 2. The van der Waals surface area contributed by atoms with Gasteiger partial charge in [0, 0.05) is 25.2 Å². The minimum Gasteiger partial charge on any atom is -1.00 e. The van der Waals surface area contributed by atoms with Gasteiger partial charge in [-0.05, 0) is 47.9 Å². The van der Waals surface area contributed by atoms with Gasteiger partial charge in [0.05, 0.1) is 31.9 Å². The first-order valence-corrected chi connectivity index (χ1v) is 12.8. The molecule has 3 aromatic carbocycles. The summed E-state index contributed by atoms with van der Waals surface area (Å²) in [7, 11) is 0. The van der Waals surface area contributed by atoms with Crippen molar-refractivity contribution in [2.45, 2.75) is 38.8 Å². The van der Waals surface area contributed by atoms with E-state index in [1.54, 1.807) is 30.3 Å². The number of ether oxygens (including phenoxy) is 1. The van der Waals surface area contributed by atoms with E-state index in [0.717, 1.165) is 49.9 Å². The average Bonchev–Trinajstić information content (AvgIpc) is 2.89. The van der Waals surface area contributed by atoms with Gasteiger partial charge in [-0.15, -0.1) is 0 Å². The normalized spacial score (nSPS) is 22.2. The smallest absolute Gasteiger partial charge is 0.415 e. The molecule has 3 saturated heterocycles. The Balaban J connectivity index is 0.00000320. The van der Waals surface area contributed by atoms with Crippen LogP contribution in [0.1, 0.15) is 29.5 Å². The van der Waals surface area contributed by atoms with Gasteiger partial charge in [0.2, 0.25) is 0 Å². The van der Waals surface area contributed by atoms with Gasteiger partial charge in [-0.25, -0.2) is 13.6 Å². The van der Waals surface area contributed by atoms with Crippen LogP contribution < -0.4 is 21.9 Å². The number of hydrogen-bond donors (Lipinski definition) is 0. The molecule has 0 saturated carbocycles.